The number of nitrogens with one attached hydrogen (secondary N) is 2. The number of aromatic carboxylic acids is 1. The van der Waals surface area contributed by atoms with E-state index >= 15 is 0 Å². The third kappa shape index (κ3) is 5.20. The summed E-state index contributed by atoms with van der Waals surface area (Å²) >= 11 is 0.947. The highest BCUT2D eigenvalue weighted by atomic mass is 32.2. The largest absolute Gasteiger partial charge is 0.477 e. The Morgan fingerprint density at radius 3 is 2.68 bits per heavy atom. The van der Waals surface area contributed by atoms with Gasteiger partial charge in [-0.25, -0.2) is 9.78 Å². The first kappa shape index (κ1) is 16.0. The van der Waals surface area contributed by atoms with Crippen LogP contribution >= 0.6 is 11.3 Å². The molecule has 108 valence electrons. The van der Waals surface area contributed by atoms with Crippen molar-refractivity contribution in [2.45, 2.75) is 13.5 Å². The third-order valence-electron chi connectivity index (χ3n) is 2.05. The second-order valence-corrected chi connectivity index (χ2v) is 6.21. The number of rotatable bonds is 8. The minimum Gasteiger partial charge on any atom is -0.477 e. The molecule has 1 aromatic heterocycles. The van der Waals surface area contributed by atoms with Gasteiger partial charge in [0, 0.05) is 13.7 Å². The lowest BCUT2D eigenvalue weighted by Gasteiger charge is -2.06. The van der Waals surface area contributed by atoms with E-state index in [2.05, 4.69) is 14.4 Å². The molecular formula is C9H15N3O5S2. The smallest absolute Gasteiger partial charge is 0.347 e. The van der Waals surface area contributed by atoms with E-state index in [0.29, 0.717) is 10.7 Å². The van der Waals surface area contributed by atoms with E-state index in [4.69, 9.17) is 9.84 Å². The lowest BCUT2D eigenvalue weighted by molar-refractivity contribution is 0.0701. The number of carbonyl (C=O) groups is 1. The quantitative estimate of drug-likeness (QED) is 0.569. The summed E-state index contributed by atoms with van der Waals surface area (Å²) in [5.41, 5.74) is 0.374. The number of nitrogens with zero attached hydrogens (tertiary/aromatic N) is 1. The number of carboxylic acids is 1. The molecule has 0 aliphatic carbocycles. The van der Waals surface area contributed by atoms with Crippen molar-refractivity contribution < 1.29 is 23.1 Å². The normalized spacial score (nSPS) is 11.7. The Kier molecular flexibility index (Phi) is 5.82. The first-order valence-corrected chi connectivity index (χ1v) is 7.58. The zero-order valence-electron chi connectivity index (χ0n) is 10.5. The average molecular weight is 309 g/mol. The molecule has 0 aliphatic heterocycles. The first-order valence-electron chi connectivity index (χ1n) is 5.28. The van der Waals surface area contributed by atoms with E-state index in [0.717, 1.165) is 11.3 Å². The molecule has 0 aromatic carbocycles. The zero-order valence-corrected chi connectivity index (χ0v) is 12.1. The maximum atomic E-state index is 11.5. The molecule has 0 atom stereocenters. The van der Waals surface area contributed by atoms with Crippen LogP contribution in [0.25, 0.3) is 0 Å². The molecule has 0 fully saturated rings. The minimum absolute atomic E-state index is 0.0545. The van der Waals surface area contributed by atoms with E-state index in [1.165, 1.54) is 7.11 Å². The van der Waals surface area contributed by atoms with Gasteiger partial charge in [0.05, 0.1) is 18.8 Å². The fourth-order valence-corrected chi connectivity index (χ4v) is 2.93. The molecule has 0 aliphatic rings. The van der Waals surface area contributed by atoms with Crippen LogP contribution in [-0.4, -0.2) is 44.7 Å². The van der Waals surface area contributed by atoms with Crippen molar-refractivity contribution in [2.24, 2.45) is 0 Å². The van der Waals surface area contributed by atoms with Crippen LogP contribution < -0.4 is 9.44 Å². The van der Waals surface area contributed by atoms with E-state index in [1.54, 1.807) is 6.92 Å². The first-order chi connectivity index (χ1) is 8.85. The molecule has 0 saturated heterocycles. The standard InChI is InChI=1S/C9H15N3O5S2/c1-6-8(9(13)14)18-7(12-6)5-11-19(15,16)10-3-4-17-2/h10-11H,3-5H2,1-2H3,(H,13,14). The second-order valence-electron chi connectivity index (χ2n) is 3.54. The number of ether oxygens (including phenoxy) is 1. The van der Waals surface area contributed by atoms with Crippen LogP contribution in [0.15, 0.2) is 0 Å². The van der Waals surface area contributed by atoms with Crippen LogP contribution in [0.5, 0.6) is 0 Å². The predicted octanol–water partition coefficient (Wildman–Crippen LogP) is -0.280. The number of aromatic nitrogens is 1. The molecular weight excluding hydrogens is 294 g/mol. The van der Waals surface area contributed by atoms with Gasteiger partial charge in [-0.1, -0.05) is 0 Å². The van der Waals surface area contributed by atoms with Crippen LogP contribution in [0.4, 0.5) is 0 Å². The van der Waals surface area contributed by atoms with Crippen molar-refractivity contribution in [3.05, 3.63) is 15.6 Å². The Morgan fingerprint density at radius 2 is 2.16 bits per heavy atom. The lowest BCUT2D eigenvalue weighted by atomic mass is 10.4. The number of aryl methyl sites for hydroxylation is 1. The second kappa shape index (κ2) is 6.91. The van der Waals surface area contributed by atoms with E-state index in [9.17, 15) is 13.2 Å². The van der Waals surface area contributed by atoms with Gasteiger partial charge < -0.3 is 9.84 Å². The van der Waals surface area contributed by atoms with Crippen molar-refractivity contribution in [2.75, 3.05) is 20.3 Å². The molecule has 0 spiro atoms. The summed E-state index contributed by atoms with van der Waals surface area (Å²) in [7, 11) is -2.17. The van der Waals surface area contributed by atoms with Gasteiger partial charge in [-0.3, -0.25) is 0 Å². The molecule has 1 heterocycles. The van der Waals surface area contributed by atoms with Crippen molar-refractivity contribution in [1.82, 2.24) is 14.4 Å². The lowest BCUT2D eigenvalue weighted by Crippen LogP contribution is -2.37. The van der Waals surface area contributed by atoms with Crippen molar-refractivity contribution >= 4 is 27.5 Å². The maximum absolute atomic E-state index is 11.5. The Hall–Kier alpha value is -1.07. The molecule has 0 bridgehead atoms. The topological polar surface area (TPSA) is 118 Å². The number of thiazole rings is 1. The molecule has 3 N–H and O–H groups in total. The molecule has 0 unspecified atom stereocenters. The Labute approximate surface area is 115 Å². The van der Waals surface area contributed by atoms with Crippen molar-refractivity contribution in [1.29, 1.82) is 0 Å². The predicted molar refractivity (Wildman–Crippen MR) is 69.4 cm³/mol. The summed E-state index contributed by atoms with van der Waals surface area (Å²) in [6.07, 6.45) is 0. The fourth-order valence-electron chi connectivity index (χ4n) is 1.21. The van der Waals surface area contributed by atoms with Gasteiger partial charge in [-0.2, -0.15) is 17.9 Å². The van der Waals surface area contributed by atoms with Gasteiger partial charge in [0.25, 0.3) is 10.2 Å². The van der Waals surface area contributed by atoms with E-state index in [-0.39, 0.29) is 24.6 Å². The van der Waals surface area contributed by atoms with Crippen LogP contribution in [-0.2, 0) is 21.5 Å². The highest BCUT2D eigenvalue weighted by Crippen LogP contribution is 2.17. The Balaban J connectivity index is 2.57. The Bertz CT molecular complexity index is 540. The van der Waals surface area contributed by atoms with Crippen LogP contribution in [0.1, 0.15) is 20.4 Å². The summed E-state index contributed by atoms with van der Waals surface area (Å²) in [5, 5.41) is 9.25. The van der Waals surface area contributed by atoms with Gasteiger partial charge in [0.15, 0.2) is 0 Å². The highest BCUT2D eigenvalue weighted by molar-refractivity contribution is 7.87. The number of carboxylic acid groups (broad SMARTS) is 1. The van der Waals surface area contributed by atoms with Gasteiger partial charge in [-0.15, -0.1) is 11.3 Å². The molecule has 1 aromatic rings. The van der Waals surface area contributed by atoms with Crippen LogP contribution in [0.3, 0.4) is 0 Å². The summed E-state index contributed by atoms with van der Waals surface area (Å²) in [6, 6.07) is 0. The van der Waals surface area contributed by atoms with E-state index in [1.807, 2.05) is 0 Å². The van der Waals surface area contributed by atoms with Gasteiger partial charge in [0.1, 0.15) is 9.88 Å². The maximum Gasteiger partial charge on any atom is 0.347 e. The summed E-state index contributed by atoms with van der Waals surface area (Å²) in [5.74, 6) is -1.07. The average Bonchev–Trinajstić information content (AvgIpc) is 2.69. The van der Waals surface area contributed by atoms with Gasteiger partial charge in [-0.05, 0) is 6.92 Å². The molecule has 19 heavy (non-hydrogen) atoms. The van der Waals surface area contributed by atoms with Crippen molar-refractivity contribution in [3.63, 3.8) is 0 Å². The van der Waals surface area contributed by atoms with Crippen LogP contribution in [0, 0.1) is 6.92 Å². The molecule has 8 nitrogen and oxygen atoms in total. The van der Waals surface area contributed by atoms with E-state index < -0.39 is 16.2 Å². The SMILES string of the molecule is COCCNS(=O)(=O)NCc1nc(C)c(C(=O)O)s1. The minimum atomic E-state index is -3.64. The molecule has 1 rings (SSSR count). The highest BCUT2D eigenvalue weighted by Gasteiger charge is 2.15. The number of hydrogen-bond donors (Lipinski definition) is 3. The number of hydrogen-bond acceptors (Lipinski definition) is 6. The van der Waals surface area contributed by atoms with Gasteiger partial charge >= 0.3 is 5.97 Å². The summed E-state index contributed by atoms with van der Waals surface area (Å²) in [6.45, 7) is 1.93. The summed E-state index contributed by atoms with van der Waals surface area (Å²) in [4.78, 5) is 14.9. The molecule has 10 heteroatoms. The summed E-state index contributed by atoms with van der Waals surface area (Å²) < 4.78 is 32.2. The van der Waals surface area contributed by atoms with Crippen molar-refractivity contribution in [3.8, 4) is 0 Å². The monoisotopic (exact) mass is 309 g/mol. The number of methoxy groups -OCH3 is 1. The zero-order chi connectivity index (χ0) is 14.5. The third-order valence-corrected chi connectivity index (χ3v) is 4.30. The molecule has 0 radical (unpaired) electrons. The van der Waals surface area contributed by atoms with Gasteiger partial charge in [0.2, 0.25) is 0 Å². The molecule has 0 saturated carbocycles. The molecule has 0 amide bonds. The Morgan fingerprint density at radius 1 is 1.47 bits per heavy atom. The fraction of sp³-hybridized carbons (Fsp3) is 0.556. The van der Waals surface area contributed by atoms with Crippen LogP contribution in [0.2, 0.25) is 0 Å².